The average molecular weight is 431 g/mol. The van der Waals surface area contributed by atoms with Crippen molar-refractivity contribution in [3.63, 3.8) is 0 Å². The maximum atomic E-state index is 6.22. The number of hydrogen-bond acceptors (Lipinski definition) is 8. The molecule has 2 aromatic carbocycles. The second-order valence-electron chi connectivity index (χ2n) is 6.70. The molecule has 4 rings (SSSR count). The van der Waals surface area contributed by atoms with E-state index in [0.29, 0.717) is 48.0 Å². The summed E-state index contributed by atoms with van der Waals surface area (Å²) in [6, 6.07) is 11.3. The molecule has 1 aliphatic heterocycles. The highest BCUT2D eigenvalue weighted by Gasteiger charge is 2.16. The number of halogens is 1. The third-order valence-electron chi connectivity index (χ3n) is 4.85. The minimum Gasteiger partial charge on any atom is -0.493 e. The molecule has 0 saturated carbocycles. The Kier molecular flexibility index (Phi) is 6.25. The van der Waals surface area contributed by atoms with E-state index >= 15 is 0 Å². The SMILES string of the molecule is COc1ccc(-c2noc(CNc3cc(Cl)ccc3N3CCOCC3)n2)cc1OC. The molecule has 9 heteroatoms. The summed E-state index contributed by atoms with van der Waals surface area (Å²) in [6.45, 7) is 3.46. The Morgan fingerprint density at radius 3 is 2.63 bits per heavy atom. The highest BCUT2D eigenvalue weighted by Crippen LogP contribution is 2.32. The second kappa shape index (κ2) is 9.23. The molecule has 0 amide bonds. The van der Waals surface area contributed by atoms with Gasteiger partial charge in [-0.25, -0.2) is 0 Å². The van der Waals surface area contributed by atoms with Gasteiger partial charge in [0.1, 0.15) is 0 Å². The van der Waals surface area contributed by atoms with Gasteiger partial charge in [0, 0.05) is 23.7 Å². The van der Waals surface area contributed by atoms with Crippen LogP contribution in [0.3, 0.4) is 0 Å². The van der Waals surface area contributed by atoms with E-state index in [1.54, 1.807) is 14.2 Å². The molecule has 1 saturated heterocycles. The summed E-state index contributed by atoms with van der Waals surface area (Å²) in [5, 5.41) is 8.11. The van der Waals surface area contributed by atoms with Crippen LogP contribution in [0.4, 0.5) is 11.4 Å². The molecule has 1 N–H and O–H groups in total. The first kappa shape index (κ1) is 20.3. The molecular weight excluding hydrogens is 408 g/mol. The number of hydrogen-bond donors (Lipinski definition) is 1. The summed E-state index contributed by atoms with van der Waals surface area (Å²) in [4.78, 5) is 6.76. The van der Waals surface area contributed by atoms with E-state index in [2.05, 4.69) is 20.4 Å². The lowest BCUT2D eigenvalue weighted by Crippen LogP contribution is -2.36. The summed E-state index contributed by atoms with van der Waals surface area (Å²) in [5.74, 6) is 2.19. The Morgan fingerprint density at radius 1 is 1.07 bits per heavy atom. The van der Waals surface area contributed by atoms with E-state index in [4.69, 9.17) is 30.3 Å². The third kappa shape index (κ3) is 4.44. The van der Waals surface area contributed by atoms with Gasteiger partial charge in [-0.15, -0.1) is 0 Å². The molecule has 2 heterocycles. The Morgan fingerprint density at radius 2 is 1.87 bits per heavy atom. The molecule has 3 aromatic rings. The highest BCUT2D eigenvalue weighted by molar-refractivity contribution is 6.31. The molecule has 0 unspecified atom stereocenters. The number of methoxy groups -OCH3 is 2. The first-order valence-corrected chi connectivity index (χ1v) is 9.97. The lowest BCUT2D eigenvalue weighted by Gasteiger charge is -2.30. The smallest absolute Gasteiger partial charge is 0.246 e. The topological polar surface area (TPSA) is 81.9 Å². The van der Waals surface area contributed by atoms with Crippen LogP contribution >= 0.6 is 11.6 Å². The van der Waals surface area contributed by atoms with Crippen molar-refractivity contribution in [2.45, 2.75) is 6.54 Å². The minimum atomic E-state index is 0.373. The van der Waals surface area contributed by atoms with Gasteiger partial charge >= 0.3 is 0 Å². The number of benzene rings is 2. The number of ether oxygens (including phenoxy) is 3. The Hall–Kier alpha value is -2.97. The van der Waals surface area contributed by atoms with Crippen LogP contribution in [0.5, 0.6) is 11.5 Å². The zero-order chi connectivity index (χ0) is 20.9. The number of rotatable bonds is 7. The number of nitrogens with one attached hydrogen (secondary N) is 1. The largest absolute Gasteiger partial charge is 0.493 e. The predicted molar refractivity (Wildman–Crippen MR) is 115 cm³/mol. The Balaban J connectivity index is 1.49. The molecule has 1 aromatic heterocycles. The van der Waals surface area contributed by atoms with Crippen molar-refractivity contribution in [3.8, 4) is 22.9 Å². The third-order valence-corrected chi connectivity index (χ3v) is 5.09. The van der Waals surface area contributed by atoms with Gasteiger partial charge in [0.05, 0.1) is 45.4 Å². The van der Waals surface area contributed by atoms with Gasteiger partial charge in [-0.2, -0.15) is 4.98 Å². The number of nitrogens with zero attached hydrogens (tertiary/aromatic N) is 3. The molecule has 0 spiro atoms. The van der Waals surface area contributed by atoms with Gasteiger partial charge in [0.25, 0.3) is 0 Å². The summed E-state index contributed by atoms with van der Waals surface area (Å²) >= 11 is 6.22. The van der Waals surface area contributed by atoms with Crippen molar-refractivity contribution < 1.29 is 18.7 Å². The zero-order valence-corrected chi connectivity index (χ0v) is 17.6. The van der Waals surface area contributed by atoms with Crippen LogP contribution in [-0.4, -0.2) is 50.7 Å². The minimum absolute atomic E-state index is 0.373. The van der Waals surface area contributed by atoms with Gasteiger partial charge in [0.15, 0.2) is 11.5 Å². The number of anilines is 2. The molecule has 0 aliphatic carbocycles. The van der Waals surface area contributed by atoms with Crippen LogP contribution in [0.1, 0.15) is 5.89 Å². The summed E-state index contributed by atoms with van der Waals surface area (Å²) in [6.07, 6.45) is 0. The molecule has 0 radical (unpaired) electrons. The van der Waals surface area contributed by atoms with Crippen LogP contribution in [0.25, 0.3) is 11.4 Å². The number of aromatic nitrogens is 2. The van der Waals surface area contributed by atoms with Crippen molar-refractivity contribution in [3.05, 3.63) is 47.3 Å². The summed E-state index contributed by atoms with van der Waals surface area (Å²) < 4.78 is 21.5. The van der Waals surface area contributed by atoms with E-state index in [1.165, 1.54) is 0 Å². The van der Waals surface area contributed by atoms with Crippen molar-refractivity contribution in [2.24, 2.45) is 0 Å². The first-order valence-electron chi connectivity index (χ1n) is 9.59. The Bertz CT molecular complexity index is 1000. The molecule has 8 nitrogen and oxygen atoms in total. The van der Waals surface area contributed by atoms with E-state index < -0.39 is 0 Å². The number of morpholine rings is 1. The molecular formula is C21H23ClN4O4. The van der Waals surface area contributed by atoms with Crippen molar-refractivity contribution >= 4 is 23.0 Å². The fourth-order valence-electron chi connectivity index (χ4n) is 3.32. The van der Waals surface area contributed by atoms with E-state index in [1.807, 2.05) is 36.4 Å². The van der Waals surface area contributed by atoms with Crippen molar-refractivity contribution in [2.75, 3.05) is 50.7 Å². The van der Waals surface area contributed by atoms with Crippen LogP contribution in [0.2, 0.25) is 5.02 Å². The van der Waals surface area contributed by atoms with Crippen molar-refractivity contribution in [1.29, 1.82) is 0 Å². The fourth-order valence-corrected chi connectivity index (χ4v) is 3.49. The maximum absolute atomic E-state index is 6.22. The highest BCUT2D eigenvalue weighted by atomic mass is 35.5. The predicted octanol–water partition coefficient (Wildman–Crippen LogP) is 3.86. The lowest BCUT2D eigenvalue weighted by atomic mass is 10.2. The second-order valence-corrected chi connectivity index (χ2v) is 7.13. The van der Waals surface area contributed by atoms with Gasteiger partial charge in [-0.1, -0.05) is 16.8 Å². The summed E-state index contributed by atoms with van der Waals surface area (Å²) in [7, 11) is 3.18. The van der Waals surface area contributed by atoms with Gasteiger partial charge in [-0.3, -0.25) is 0 Å². The molecule has 0 atom stereocenters. The van der Waals surface area contributed by atoms with E-state index in [9.17, 15) is 0 Å². The molecule has 0 bridgehead atoms. The normalized spacial score (nSPS) is 13.9. The van der Waals surface area contributed by atoms with Gasteiger partial charge in [-0.05, 0) is 36.4 Å². The molecule has 30 heavy (non-hydrogen) atoms. The van der Waals surface area contributed by atoms with Crippen molar-refractivity contribution in [1.82, 2.24) is 10.1 Å². The Labute approximate surface area is 179 Å². The van der Waals surface area contributed by atoms with E-state index in [0.717, 1.165) is 30.0 Å². The monoisotopic (exact) mass is 430 g/mol. The van der Waals surface area contributed by atoms with Crippen LogP contribution in [0.15, 0.2) is 40.9 Å². The standard InChI is InChI=1S/C21H23ClN4O4/c1-27-18-6-3-14(11-19(18)28-2)21-24-20(30-25-21)13-23-16-12-15(22)4-5-17(16)26-7-9-29-10-8-26/h3-6,11-12,23H,7-10,13H2,1-2H3. The average Bonchev–Trinajstić information content (AvgIpc) is 3.27. The zero-order valence-electron chi connectivity index (χ0n) is 16.9. The first-order chi connectivity index (χ1) is 14.7. The lowest BCUT2D eigenvalue weighted by molar-refractivity contribution is 0.123. The van der Waals surface area contributed by atoms with Crippen LogP contribution in [0, 0.1) is 0 Å². The summed E-state index contributed by atoms with van der Waals surface area (Å²) in [5.41, 5.74) is 2.76. The van der Waals surface area contributed by atoms with Gasteiger partial charge < -0.3 is 29.0 Å². The van der Waals surface area contributed by atoms with E-state index in [-0.39, 0.29) is 0 Å². The maximum Gasteiger partial charge on any atom is 0.246 e. The quantitative estimate of drug-likeness (QED) is 0.605. The molecule has 1 fully saturated rings. The molecule has 1 aliphatic rings. The van der Waals surface area contributed by atoms with Crippen LogP contribution in [-0.2, 0) is 11.3 Å². The molecule has 158 valence electrons. The van der Waals surface area contributed by atoms with Gasteiger partial charge in [0.2, 0.25) is 11.7 Å². The van der Waals surface area contributed by atoms with Crippen LogP contribution < -0.4 is 19.7 Å². The fraction of sp³-hybridized carbons (Fsp3) is 0.333.